The van der Waals surface area contributed by atoms with Gasteiger partial charge in [-0.15, -0.1) is 0 Å². The summed E-state index contributed by atoms with van der Waals surface area (Å²) in [4.78, 5) is 0. The van der Waals surface area contributed by atoms with Crippen molar-refractivity contribution < 1.29 is 0 Å². The van der Waals surface area contributed by atoms with Crippen molar-refractivity contribution in [1.82, 2.24) is 4.57 Å². The Morgan fingerprint density at radius 3 is 2.21 bits per heavy atom. The fourth-order valence-corrected chi connectivity index (χ4v) is 4.24. The molecule has 1 heteroatoms. The van der Waals surface area contributed by atoms with E-state index in [-0.39, 0.29) is 10.8 Å². The maximum absolute atomic E-state index is 2.38. The van der Waals surface area contributed by atoms with Gasteiger partial charge in [-0.25, -0.2) is 0 Å². The summed E-state index contributed by atoms with van der Waals surface area (Å²) in [5.74, 6) is 0. The Kier molecular flexibility index (Phi) is 2.47. The second kappa shape index (κ2) is 3.75. The molecule has 0 N–H and O–H groups in total. The molecule has 0 saturated heterocycles. The minimum Gasteiger partial charge on any atom is -0.353 e. The van der Waals surface area contributed by atoms with Gasteiger partial charge in [0, 0.05) is 29.9 Å². The minimum atomic E-state index is 0.255. The summed E-state index contributed by atoms with van der Waals surface area (Å²) in [5, 5.41) is 0. The number of hydrogen-bond acceptors (Lipinski definition) is 0. The summed E-state index contributed by atoms with van der Waals surface area (Å²) in [6.45, 7) is 9.50. The summed E-state index contributed by atoms with van der Waals surface area (Å²) in [7, 11) is 2.19. The molecule has 1 aromatic heterocycles. The Morgan fingerprint density at radius 2 is 1.58 bits per heavy atom. The molecule has 3 rings (SSSR count). The average Bonchev–Trinajstić information content (AvgIpc) is 2.76. The SMILES string of the molecule is Cn1cc(-c2ccccc2)c2c1C(C)(C)CC2(C)C. The van der Waals surface area contributed by atoms with E-state index < -0.39 is 0 Å². The van der Waals surface area contributed by atoms with Crippen molar-refractivity contribution in [3.05, 3.63) is 47.8 Å². The van der Waals surface area contributed by atoms with Crippen molar-refractivity contribution in [2.45, 2.75) is 44.9 Å². The second-order valence-electron chi connectivity index (χ2n) is 7.19. The topological polar surface area (TPSA) is 4.93 Å². The van der Waals surface area contributed by atoms with Crippen LogP contribution in [0.4, 0.5) is 0 Å². The van der Waals surface area contributed by atoms with Crippen molar-refractivity contribution in [3.8, 4) is 11.1 Å². The van der Waals surface area contributed by atoms with Crippen molar-refractivity contribution in [3.63, 3.8) is 0 Å². The molecule has 1 aliphatic rings. The molecule has 0 unspecified atom stereocenters. The molecular formula is C18H23N. The molecule has 19 heavy (non-hydrogen) atoms. The largest absolute Gasteiger partial charge is 0.353 e. The van der Waals surface area contributed by atoms with Gasteiger partial charge < -0.3 is 4.57 Å². The molecule has 1 aliphatic carbocycles. The van der Waals surface area contributed by atoms with E-state index in [0.717, 1.165) is 0 Å². The predicted molar refractivity (Wildman–Crippen MR) is 81.5 cm³/mol. The van der Waals surface area contributed by atoms with Crippen LogP contribution in [0.3, 0.4) is 0 Å². The van der Waals surface area contributed by atoms with E-state index in [1.807, 2.05) is 0 Å². The Morgan fingerprint density at radius 1 is 0.947 bits per heavy atom. The molecule has 0 bridgehead atoms. The van der Waals surface area contributed by atoms with E-state index in [4.69, 9.17) is 0 Å². The van der Waals surface area contributed by atoms with Crippen molar-refractivity contribution in [2.24, 2.45) is 7.05 Å². The van der Waals surface area contributed by atoms with Crippen LogP contribution in [-0.2, 0) is 17.9 Å². The van der Waals surface area contributed by atoms with E-state index in [1.165, 1.54) is 23.2 Å². The quantitative estimate of drug-likeness (QED) is 0.697. The smallest absolute Gasteiger partial charge is 0.0273 e. The first-order valence-corrected chi connectivity index (χ1v) is 7.09. The van der Waals surface area contributed by atoms with Gasteiger partial charge in [-0.05, 0) is 23.0 Å². The number of fused-ring (bicyclic) bond motifs is 1. The van der Waals surface area contributed by atoms with Crippen molar-refractivity contribution in [1.29, 1.82) is 0 Å². The summed E-state index contributed by atoms with van der Waals surface area (Å²) < 4.78 is 2.34. The van der Waals surface area contributed by atoms with Crippen LogP contribution in [0.25, 0.3) is 11.1 Å². The van der Waals surface area contributed by atoms with Crippen LogP contribution >= 0.6 is 0 Å². The first kappa shape index (κ1) is 12.5. The lowest BCUT2D eigenvalue weighted by Gasteiger charge is -2.24. The average molecular weight is 253 g/mol. The maximum Gasteiger partial charge on any atom is 0.0273 e. The Labute approximate surface area is 116 Å². The minimum absolute atomic E-state index is 0.255. The highest BCUT2D eigenvalue weighted by atomic mass is 15.0. The van der Waals surface area contributed by atoms with Gasteiger partial charge >= 0.3 is 0 Å². The molecule has 0 fully saturated rings. The molecular weight excluding hydrogens is 230 g/mol. The Balaban J connectivity index is 2.30. The number of benzene rings is 1. The third kappa shape index (κ3) is 1.75. The van der Waals surface area contributed by atoms with Crippen LogP contribution in [0.5, 0.6) is 0 Å². The molecule has 100 valence electrons. The zero-order valence-electron chi connectivity index (χ0n) is 12.6. The summed E-state index contributed by atoms with van der Waals surface area (Å²) in [6, 6.07) is 10.8. The molecule has 0 spiro atoms. The Hall–Kier alpha value is -1.50. The standard InChI is InChI=1S/C18H23N/c1-17(2)12-18(3,4)16-15(17)14(11-19(16)5)13-9-7-6-8-10-13/h6-11H,12H2,1-5H3. The monoisotopic (exact) mass is 253 g/mol. The van der Waals surface area contributed by atoms with Gasteiger partial charge in [0.2, 0.25) is 0 Å². The molecule has 2 aromatic rings. The normalized spacial score (nSPS) is 19.4. The third-order valence-corrected chi connectivity index (χ3v) is 4.47. The number of rotatable bonds is 1. The van der Waals surface area contributed by atoms with Crippen LogP contribution in [0.2, 0.25) is 0 Å². The summed E-state index contributed by atoms with van der Waals surface area (Å²) >= 11 is 0. The molecule has 0 amide bonds. The zero-order chi connectivity index (χ0) is 13.8. The fourth-order valence-electron chi connectivity index (χ4n) is 4.24. The van der Waals surface area contributed by atoms with Crippen LogP contribution in [-0.4, -0.2) is 4.57 Å². The lowest BCUT2D eigenvalue weighted by molar-refractivity contribution is 0.392. The molecule has 0 saturated carbocycles. The molecule has 0 aliphatic heterocycles. The maximum atomic E-state index is 2.38. The van der Waals surface area contributed by atoms with Crippen molar-refractivity contribution in [2.75, 3.05) is 0 Å². The highest BCUT2D eigenvalue weighted by Crippen LogP contribution is 2.53. The van der Waals surface area contributed by atoms with Crippen LogP contribution in [0.1, 0.15) is 45.4 Å². The molecule has 1 heterocycles. The van der Waals surface area contributed by atoms with Crippen molar-refractivity contribution >= 4 is 0 Å². The van der Waals surface area contributed by atoms with Gasteiger partial charge in [0.15, 0.2) is 0 Å². The van der Waals surface area contributed by atoms with E-state index in [1.54, 1.807) is 5.56 Å². The van der Waals surface area contributed by atoms with Gasteiger partial charge in [0.05, 0.1) is 0 Å². The number of aryl methyl sites for hydroxylation is 1. The van der Waals surface area contributed by atoms with Gasteiger partial charge in [-0.1, -0.05) is 58.0 Å². The first-order chi connectivity index (χ1) is 8.83. The highest BCUT2D eigenvalue weighted by molar-refractivity contribution is 5.72. The summed E-state index contributed by atoms with van der Waals surface area (Å²) in [5.41, 5.74) is 6.33. The van der Waals surface area contributed by atoms with Gasteiger partial charge in [0.25, 0.3) is 0 Å². The predicted octanol–water partition coefficient (Wildman–Crippen LogP) is 4.65. The highest BCUT2D eigenvalue weighted by Gasteiger charge is 2.45. The zero-order valence-corrected chi connectivity index (χ0v) is 12.6. The van der Waals surface area contributed by atoms with E-state index >= 15 is 0 Å². The lowest BCUT2D eigenvalue weighted by atomic mass is 9.80. The lowest BCUT2D eigenvalue weighted by Crippen LogP contribution is -2.20. The third-order valence-electron chi connectivity index (χ3n) is 4.47. The van der Waals surface area contributed by atoms with E-state index in [2.05, 4.69) is 75.8 Å². The van der Waals surface area contributed by atoms with Crippen LogP contribution in [0, 0.1) is 0 Å². The number of hydrogen-bond donors (Lipinski definition) is 0. The molecule has 1 aromatic carbocycles. The van der Waals surface area contributed by atoms with Gasteiger partial charge in [0.1, 0.15) is 0 Å². The number of nitrogens with zero attached hydrogens (tertiary/aromatic N) is 1. The number of aromatic nitrogens is 1. The molecule has 0 radical (unpaired) electrons. The van der Waals surface area contributed by atoms with Crippen LogP contribution < -0.4 is 0 Å². The van der Waals surface area contributed by atoms with E-state index in [0.29, 0.717) is 0 Å². The fraction of sp³-hybridized carbons (Fsp3) is 0.444. The van der Waals surface area contributed by atoms with E-state index in [9.17, 15) is 0 Å². The Bertz CT molecular complexity index is 615. The molecule has 0 atom stereocenters. The van der Waals surface area contributed by atoms with Crippen LogP contribution in [0.15, 0.2) is 36.5 Å². The molecule has 1 nitrogen and oxygen atoms in total. The van der Waals surface area contributed by atoms with Gasteiger partial charge in [-0.3, -0.25) is 0 Å². The first-order valence-electron chi connectivity index (χ1n) is 7.09. The van der Waals surface area contributed by atoms with Gasteiger partial charge in [-0.2, -0.15) is 0 Å². The second-order valence-corrected chi connectivity index (χ2v) is 7.19. The summed E-state index contributed by atoms with van der Waals surface area (Å²) in [6.07, 6.45) is 3.53.